The minimum atomic E-state index is -0.423. The van der Waals surface area contributed by atoms with Crippen LogP contribution >= 0.6 is 15.9 Å². The smallest absolute Gasteiger partial charge is 0.283 e. The monoisotopic (exact) mass is 353 g/mol. The Morgan fingerprint density at radius 3 is 2.67 bits per heavy atom. The minimum absolute atomic E-state index is 0.0258. The number of nitro groups is 1. The summed E-state index contributed by atoms with van der Waals surface area (Å²) in [4.78, 5) is 10.6. The molecule has 0 saturated carbocycles. The van der Waals surface area contributed by atoms with Crippen LogP contribution in [0.15, 0.2) is 22.7 Å². The summed E-state index contributed by atoms with van der Waals surface area (Å²) in [6.07, 6.45) is 0. The van der Waals surface area contributed by atoms with Crippen LogP contribution in [0.3, 0.4) is 0 Å². The number of nitro benzene ring substituents is 1. The molecular formula is C13H16BrN5O2. The van der Waals surface area contributed by atoms with E-state index in [1.54, 1.807) is 16.8 Å². The van der Waals surface area contributed by atoms with Gasteiger partial charge in [-0.1, -0.05) is 38.1 Å². The third-order valence-corrected chi connectivity index (χ3v) is 3.96. The zero-order valence-corrected chi connectivity index (χ0v) is 13.6. The molecule has 0 fully saturated rings. The van der Waals surface area contributed by atoms with E-state index in [1.807, 2.05) is 20.8 Å². The van der Waals surface area contributed by atoms with Gasteiger partial charge in [-0.25, -0.2) is 4.68 Å². The van der Waals surface area contributed by atoms with Crippen LogP contribution in [0.2, 0.25) is 0 Å². The van der Waals surface area contributed by atoms with Gasteiger partial charge in [0.1, 0.15) is 4.47 Å². The molecule has 0 unspecified atom stereocenters. The minimum Gasteiger partial charge on any atom is -0.381 e. The van der Waals surface area contributed by atoms with Crippen LogP contribution in [0.1, 0.15) is 32.0 Å². The van der Waals surface area contributed by atoms with E-state index in [1.165, 1.54) is 6.07 Å². The summed E-state index contributed by atoms with van der Waals surface area (Å²) in [5, 5.41) is 18.9. The maximum atomic E-state index is 11.0. The van der Waals surface area contributed by atoms with Crippen LogP contribution in [-0.2, 0) is 12.0 Å². The first kappa shape index (κ1) is 15.4. The molecule has 0 saturated heterocycles. The summed E-state index contributed by atoms with van der Waals surface area (Å²) in [6.45, 7) is 6.40. The fourth-order valence-electron chi connectivity index (χ4n) is 2.20. The van der Waals surface area contributed by atoms with Gasteiger partial charge in [-0.05, 0) is 21.5 Å². The maximum Gasteiger partial charge on any atom is 0.283 e. The molecular weight excluding hydrogens is 338 g/mol. The molecule has 0 aliphatic heterocycles. The number of rotatable bonds is 3. The molecule has 1 aromatic heterocycles. The van der Waals surface area contributed by atoms with Crippen LogP contribution in [0, 0.1) is 10.1 Å². The van der Waals surface area contributed by atoms with Crippen molar-refractivity contribution in [3.05, 3.63) is 44.0 Å². The Kier molecular flexibility index (Phi) is 3.99. The van der Waals surface area contributed by atoms with Crippen molar-refractivity contribution in [2.24, 2.45) is 0 Å². The Balaban J connectivity index is 2.45. The van der Waals surface area contributed by atoms with Crippen LogP contribution in [0.4, 0.5) is 11.5 Å². The maximum absolute atomic E-state index is 11.0. The number of anilines is 1. The molecule has 21 heavy (non-hydrogen) atoms. The van der Waals surface area contributed by atoms with Gasteiger partial charge in [0.25, 0.3) is 5.69 Å². The van der Waals surface area contributed by atoms with Crippen LogP contribution in [0.5, 0.6) is 0 Å². The van der Waals surface area contributed by atoms with E-state index < -0.39 is 4.92 Å². The van der Waals surface area contributed by atoms with Crippen molar-refractivity contribution in [1.29, 1.82) is 0 Å². The van der Waals surface area contributed by atoms with Crippen molar-refractivity contribution in [2.45, 2.75) is 32.7 Å². The molecule has 0 spiro atoms. The number of nitrogens with zero attached hydrogens (tertiary/aromatic N) is 4. The lowest BCUT2D eigenvalue weighted by Crippen LogP contribution is -2.20. The molecule has 0 aliphatic rings. The van der Waals surface area contributed by atoms with E-state index in [0.29, 0.717) is 16.8 Å². The van der Waals surface area contributed by atoms with Crippen molar-refractivity contribution in [1.82, 2.24) is 15.0 Å². The molecule has 7 nitrogen and oxygen atoms in total. The predicted molar refractivity (Wildman–Crippen MR) is 83.0 cm³/mol. The fraction of sp³-hybridized carbons (Fsp3) is 0.385. The highest BCUT2D eigenvalue weighted by Crippen LogP contribution is 2.31. The number of nitrogen functional groups attached to an aromatic ring is 1. The number of nitrogens with two attached hydrogens (primary N) is 1. The predicted octanol–water partition coefficient (Wildman–Crippen LogP) is 2.88. The molecule has 2 N–H and O–H groups in total. The van der Waals surface area contributed by atoms with Gasteiger partial charge >= 0.3 is 0 Å². The van der Waals surface area contributed by atoms with Gasteiger partial charge in [-0.15, -0.1) is 5.10 Å². The van der Waals surface area contributed by atoms with E-state index in [-0.39, 0.29) is 11.1 Å². The van der Waals surface area contributed by atoms with Gasteiger partial charge in [0, 0.05) is 11.5 Å². The standard InChI is InChI=1S/C13H16BrN5O2/c1-13(2,3)11-12(15)16-17-18(11)7-8-5-4-6-9(10(8)14)19(20)21/h4-6H,7,15H2,1-3H3. The average Bonchev–Trinajstić information content (AvgIpc) is 2.72. The van der Waals surface area contributed by atoms with Crippen LogP contribution in [-0.4, -0.2) is 19.9 Å². The number of benzene rings is 1. The summed E-state index contributed by atoms with van der Waals surface area (Å²) in [5.41, 5.74) is 7.24. The topological polar surface area (TPSA) is 99.9 Å². The molecule has 0 bridgehead atoms. The normalized spacial score (nSPS) is 11.6. The highest BCUT2D eigenvalue weighted by Gasteiger charge is 2.25. The number of hydrogen-bond donors (Lipinski definition) is 1. The summed E-state index contributed by atoms with van der Waals surface area (Å²) >= 11 is 3.29. The quantitative estimate of drug-likeness (QED) is 0.675. The lowest BCUT2D eigenvalue weighted by Gasteiger charge is -2.20. The van der Waals surface area contributed by atoms with Gasteiger partial charge in [0.15, 0.2) is 5.82 Å². The number of hydrogen-bond acceptors (Lipinski definition) is 5. The van der Waals surface area contributed by atoms with E-state index in [0.717, 1.165) is 11.3 Å². The van der Waals surface area contributed by atoms with Crippen LogP contribution in [0.25, 0.3) is 0 Å². The molecule has 1 aromatic carbocycles. The molecule has 0 atom stereocenters. The van der Waals surface area contributed by atoms with Crippen molar-refractivity contribution < 1.29 is 4.92 Å². The Morgan fingerprint density at radius 1 is 1.43 bits per heavy atom. The van der Waals surface area contributed by atoms with Gasteiger partial charge in [-0.2, -0.15) is 0 Å². The SMILES string of the molecule is CC(C)(C)c1c(N)nnn1Cc1cccc([N+](=O)[O-])c1Br. The Labute approximate surface area is 130 Å². The third kappa shape index (κ3) is 3.05. The Morgan fingerprint density at radius 2 is 2.10 bits per heavy atom. The zero-order chi connectivity index (χ0) is 15.8. The van der Waals surface area contributed by atoms with Gasteiger partial charge in [-0.3, -0.25) is 10.1 Å². The van der Waals surface area contributed by atoms with E-state index >= 15 is 0 Å². The molecule has 0 amide bonds. The first-order chi connectivity index (χ1) is 9.71. The van der Waals surface area contributed by atoms with Gasteiger partial charge in [0.2, 0.25) is 0 Å². The first-order valence-electron chi connectivity index (χ1n) is 6.33. The molecule has 2 aromatic rings. The van der Waals surface area contributed by atoms with Crippen LogP contribution < -0.4 is 5.73 Å². The van der Waals surface area contributed by atoms with Crippen molar-refractivity contribution >= 4 is 27.4 Å². The molecule has 112 valence electrons. The van der Waals surface area contributed by atoms with Gasteiger partial charge in [0.05, 0.1) is 17.2 Å². The second-order valence-corrected chi connectivity index (χ2v) is 6.53. The molecule has 0 radical (unpaired) electrons. The molecule has 1 heterocycles. The Bertz CT molecular complexity index is 690. The van der Waals surface area contributed by atoms with Crippen molar-refractivity contribution in [3.63, 3.8) is 0 Å². The first-order valence-corrected chi connectivity index (χ1v) is 7.12. The molecule has 8 heteroatoms. The summed E-state index contributed by atoms with van der Waals surface area (Å²) < 4.78 is 2.13. The van der Waals surface area contributed by atoms with E-state index in [2.05, 4.69) is 26.2 Å². The molecule has 2 rings (SSSR count). The largest absolute Gasteiger partial charge is 0.381 e. The summed E-state index contributed by atoms with van der Waals surface area (Å²) in [7, 11) is 0. The Hall–Kier alpha value is -1.96. The lowest BCUT2D eigenvalue weighted by atomic mass is 9.91. The second kappa shape index (κ2) is 5.44. The third-order valence-electron chi connectivity index (χ3n) is 3.05. The highest BCUT2D eigenvalue weighted by molar-refractivity contribution is 9.10. The summed E-state index contributed by atoms with van der Waals surface area (Å²) in [6, 6.07) is 4.91. The average molecular weight is 354 g/mol. The summed E-state index contributed by atoms with van der Waals surface area (Å²) in [5.74, 6) is 0.379. The molecule has 0 aliphatic carbocycles. The number of aromatic nitrogens is 3. The van der Waals surface area contributed by atoms with E-state index in [4.69, 9.17) is 5.73 Å². The number of halogens is 1. The zero-order valence-electron chi connectivity index (χ0n) is 12.0. The lowest BCUT2D eigenvalue weighted by molar-refractivity contribution is -0.385. The fourth-order valence-corrected chi connectivity index (χ4v) is 2.73. The second-order valence-electron chi connectivity index (χ2n) is 5.74. The van der Waals surface area contributed by atoms with Gasteiger partial charge < -0.3 is 5.73 Å². The van der Waals surface area contributed by atoms with E-state index in [9.17, 15) is 10.1 Å². The highest BCUT2D eigenvalue weighted by atomic mass is 79.9. The van der Waals surface area contributed by atoms with Crippen molar-refractivity contribution in [3.8, 4) is 0 Å². The van der Waals surface area contributed by atoms with Crippen molar-refractivity contribution in [2.75, 3.05) is 5.73 Å².